The van der Waals surface area contributed by atoms with Crippen molar-refractivity contribution in [2.45, 2.75) is 60.8 Å². The van der Waals surface area contributed by atoms with E-state index in [1.54, 1.807) is 18.2 Å². The van der Waals surface area contributed by atoms with E-state index in [1.165, 1.54) is 36.4 Å². The summed E-state index contributed by atoms with van der Waals surface area (Å²) in [5, 5.41) is 65.1. The van der Waals surface area contributed by atoms with Gasteiger partial charge in [-0.15, -0.1) is 0 Å². The van der Waals surface area contributed by atoms with E-state index in [-0.39, 0.29) is 133 Å². The fourth-order valence-electron chi connectivity index (χ4n) is 4.86. The van der Waals surface area contributed by atoms with E-state index in [0.717, 1.165) is 0 Å². The molecule has 0 saturated heterocycles. The predicted octanol–water partition coefficient (Wildman–Crippen LogP) is -1.16. The molecular formula is C36H36Nd2O12. The Morgan fingerprint density at radius 3 is 0.740 bits per heavy atom. The summed E-state index contributed by atoms with van der Waals surface area (Å²) in [6.07, 6.45) is 1.47. The number of carboxylic acid groups (broad SMARTS) is 6. The Morgan fingerprint density at radius 2 is 0.600 bits per heavy atom. The van der Waals surface area contributed by atoms with Gasteiger partial charge in [0.25, 0.3) is 0 Å². The maximum Gasteiger partial charge on any atom is 3.00 e. The van der Waals surface area contributed by atoms with Crippen LogP contribution >= 0.6 is 0 Å². The normalized spacial score (nSPS) is 10.0. The summed E-state index contributed by atoms with van der Waals surface area (Å²) in [6, 6.07) is 12.9. The molecule has 0 spiro atoms. The first-order valence-electron chi connectivity index (χ1n) is 14.9. The largest absolute Gasteiger partial charge is 3.00 e. The molecule has 0 bridgehead atoms. The van der Waals surface area contributed by atoms with Gasteiger partial charge in [0.2, 0.25) is 0 Å². The van der Waals surface area contributed by atoms with Crippen LogP contribution in [0.25, 0.3) is 0 Å². The van der Waals surface area contributed by atoms with Crippen molar-refractivity contribution in [3.8, 4) is 0 Å². The van der Waals surface area contributed by atoms with Crippen LogP contribution in [-0.4, -0.2) is 35.8 Å². The molecule has 0 aliphatic heterocycles. The molecule has 50 heavy (non-hydrogen) atoms. The van der Waals surface area contributed by atoms with Crippen LogP contribution in [0.2, 0.25) is 0 Å². The maximum atomic E-state index is 10.9. The molecule has 0 fully saturated rings. The second kappa shape index (κ2) is 23.6. The Labute approximate surface area is 356 Å². The van der Waals surface area contributed by atoms with E-state index < -0.39 is 35.8 Å². The molecule has 3 aromatic carbocycles. The fraction of sp³-hybridized carbons (Fsp3) is 0.333. The van der Waals surface area contributed by atoms with Crippen molar-refractivity contribution < 1.29 is 141 Å². The first kappa shape index (κ1) is 49.3. The fourth-order valence-corrected chi connectivity index (χ4v) is 4.86. The first-order valence-corrected chi connectivity index (χ1v) is 14.9. The molecule has 0 saturated carbocycles. The minimum absolute atomic E-state index is 0. The molecule has 2 radical (unpaired) electrons. The molecule has 12 nitrogen and oxygen atoms in total. The standard InChI is InChI=1S/3C12H14O4.2Nd/c3*1-7(2)6-8-4-3-5-9(11(13)14)10(8)12(15)16;;/h3*3-5,7H,6H2,1-2H3,(H,13,14)(H,15,16);;/q;;;2*+3/p-6. The summed E-state index contributed by atoms with van der Waals surface area (Å²) in [4.78, 5) is 65.1. The van der Waals surface area contributed by atoms with Crippen molar-refractivity contribution >= 4 is 35.8 Å². The molecular weight excluding hydrogens is 913 g/mol. The molecule has 0 amide bonds. The van der Waals surface area contributed by atoms with Gasteiger partial charge in [-0.1, -0.05) is 96.1 Å². The van der Waals surface area contributed by atoms with Gasteiger partial charge in [-0.3, -0.25) is 0 Å². The van der Waals surface area contributed by atoms with E-state index in [0.29, 0.717) is 36.0 Å². The smallest absolute Gasteiger partial charge is 0.545 e. The number of carbonyl (C=O) groups is 6. The van der Waals surface area contributed by atoms with Gasteiger partial charge in [0, 0.05) is 33.4 Å². The third-order valence-electron chi connectivity index (χ3n) is 6.61. The number of hydrogen-bond donors (Lipinski definition) is 0. The molecule has 0 aromatic heterocycles. The molecule has 3 rings (SSSR count). The zero-order valence-corrected chi connectivity index (χ0v) is 34.9. The van der Waals surface area contributed by atoms with E-state index >= 15 is 0 Å². The topological polar surface area (TPSA) is 241 Å². The minimum Gasteiger partial charge on any atom is -0.545 e. The van der Waals surface area contributed by atoms with Gasteiger partial charge in [-0.2, -0.15) is 0 Å². The number of rotatable bonds is 12. The summed E-state index contributed by atoms with van der Waals surface area (Å²) in [6.45, 7) is 11.5. The summed E-state index contributed by atoms with van der Waals surface area (Å²) in [5.41, 5.74) is -0.358. The SMILES string of the molecule is CC(C)Cc1cccc(C(=O)[O-])c1C(=O)[O-].CC(C)Cc1cccc(C(=O)[O-])c1C(=O)[O-].CC(C)Cc1cccc(C(=O)[O-])c1C(=O)[O-].[Nd+3].[Nd+3]. The van der Waals surface area contributed by atoms with Crippen LogP contribution < -0.4 is 30.6 Å². The Kier molecular flexibility index (Phi) is 23.3. The van der Waals surface area contributed by atoms with Crippen molar-refractivity contribution in [2.24, 2.45) is 17.8 Å². The van der Waals surface area contributed by atoms with Crippen molar-refractivity contribution in [3.63, 3.8) is 0 Å². The molecule has 0 atom stereocenters. The van der Waals surface area contributed by atoms with Crippen LogP contribution in [0, 0.1) is 99.4 Å². The Bertz CT molecular complexity index is 1470. The zero-order valence-electron chi connectivity index (χ0n) is 28.4. The number of hydrogen-bond acceptors (Lipinski definition) is 12. The van der Waals surface area contributed by atoms with Gasteiger partial charge >= 0.3 is 81.7 Å². The van der Waals surface area contributed by atoms with Gasteiger partial charge < -0.3 is 59.4 Å². The van der Waals surface area contributed by atoms with Crippen LogP contribution in [0.15, 0.2) is 54.6 Å². The Morgan fingerprint density at radius 1 is 0.400 bits per heavy atom. The maximum absolute atomic E-state index is 10.9. The van der Waals surface area contributed by atoms with Crippen molar-refractivity contribution in [1.82, 2.24) is 0 Å². The van der Waals surface area contributed by atoms with Gasteiger partial charge in [0.1, 0.15) is 0 Å². The third kappa shape index (κ3) is 15.6. The van der Waals surface area contributed by atoms with Crippen LogP contribution in [0.1, 0.15) is 120 Å². The summed E-state index contributed by atoms with van der Waals surface area (Å²) < 4.78 is 0. The van der Waals surface area contributed by atoms with Gasteiger partial charge in [0.15, 0.2) is 0 Å². The monoisotopic (exact) mass is 944 g/mol. The average Bonchev–Trinajstić information content (AvgIpc) is 2.96. The van der Waals surface area contributed by atoms with Crippen LogP contribution in [0.3, 0.4) is 0 Å². The summed E-state index contributed by atoms with van der Waals surface area (Å²) >= 11 is 0. The molecule has 14 heteroatoms. The van der Waals surface area contributed by atoms with Crippen LogP contribution in [0.5, 0.6) is 0 Å². The molecule has 0 N–H and O–H groups in total. The van der Waals surface area contributed by atoms with Gasteiger partial charge in [-0.25, -0.2) is 0 Å². The second-order valence-electron chi connectivity index (χ2n) is 12.0. The molecule has 0 heterocycles. The first-order chi connectivity index (χ1) is 22.3. The number of aromatic carboxylic acids is 6. The third-order valence-corrected chi connectivity index (χ3v) is 6.61. The second-order valence-corrected chi connectivity index (χ2v) is 12.0. The number of benzene rings is 3. The van der Waals surface area contributed by atoms with E-state index in [2.05, 4.69) is 0 Å². The number of carbonyl (C=O) groups excluding carboxylic acids is 6. The quantitative estimate of drug-likeness (QED) is 0.209. The van der Waals surface area contributed by atoms with Crippen molar-refractivity contribution in [1.29, 1.82) is 0 Å². The van der Waals surface area contributed by atoms with Crippen molar-refractivity contribution in [2.75, 3.05) is 0 Å². The predicted molar refractivity (Wildman–Crippen MR) is 161 cm³/mol. The van der Waals surface area contributed by atoms with E-state index in [4.69, 9.17) is 0 Å². The Balaban J connectivity index is 0. The van der Waals surface area contributed by atoms with Crippen molar-refractivity contribution in [3.05, 3.63) is 105 Å². The van der Waals surface area contributed by atoms with Gasteiger partial charge in [0.05, 0.1) is 35.8 Å². The minimum atomic E-state index is -1.50. The Hall–Kier alpha value is -2.82. The molecule has 0 aliphatic rings. The molecule has 3 aromatic rings. The average molecular weight is 949 g/mol. The van der Waals surface area contributed by atoms with E-state index in [9.17, 15) is 59.4 Å². The zero-order chi connectivity index (χ0) is 36.9. The van der Waals surface area contributed by atoms with Crippen LogP contribution in [-0.2, 0) is 19.3 Å². The molecule has 260 valence electrons. The van der Waals surface area contributed by atoms with Gasteiger partial charge in [-0.05, 0) is 53.7 Å². The van der Waals surface area contributed by atoms with Crippen LogP contribution in [0.4, 0.5) is 0 Å². The summed E-state index contributed by atoms with van der Waals surface area (Å²) in [7, 11) is 0. The molecule has 0 aliphatic carbocycles. The molecule has 0 unspecified atom stereocenters. The summed E-state index contributed by atoms with van der Waals surface area (Å²) in [5.74, 6) is -8.22. The number of carboxylic acids is 6. The van der Waals surface area contributed by atoms with E-state index in [1.807, 2.05) is 41.5 Å².